The zero-order valence-corrected chi connectivity index (χ0v) is 16.4. The van der Waals surface area contributed by atoms with Gasteiger partial charge in [0.25, 0.3) is 0 Å². The number of unbranched alkanes of at least 4 members (excludes halogenated alkanes) is 12. The van der Waals surface area contributed by atoms with Crippen molar-refractivity contribution >= 4 is 12.2 Å². The molecule has 0 aliphatic heterocycles. The van der Waals surface area contributed by atoms with Crippen LogP contribution in [-0.2, 0) is 4.74 Å². The lowest BCUT2D eigenvalue weighted by Gasteiger charge is -2.16. The molecule has 0 aromatic heterocycles. The van der Waals surface area contributed by atoms with Crippen LogP contribution in [0.4, 0.5) is 9.59 Å². The Labute approximate surface area is 154 Å². The second-order valence-electron chi connectivity index (χ2n) is 6.79. The van der Waals surface area contributed by atoms with Gasteiger partial charge in [0.05, 0.1) is 6.61 Å². The van der Waals surface area contributed by atoms with Crippen LogP contribution in [0.2, 0.25) is 0 Å². The van der Waals surface area contributed by atoms with Gasteiger partial charge >= 0.3 is 12.2 Å². The molecule has 1 N–H and O–H groups in total. The number of ether oxygens (including phenoxy) is 1. The number of carbonyl (C=O) groups is 2. The molecule has 5 nitrogen and oxygen atoms in total. The van der Waals surface area contributed by atoms with Crippen LogP contribution in [0.25, 0.3) is 0 Å². The van der Waals surface area contributed by atoms with E-state index in [0.29, 0.717) is 13.0 Å². The first kappa shape index (κ1) is 23.7. The smallest absolute Gasteiger partial charge is 0.419 e. The maximum atomic E-state index is 11.8. The van der Waals surface area contributed by atoms with Gasteiger partial charge in [-0.15, -0.1) is 0 Å². The second-order valence-corrected chi connectivity index (χ2v) is 6.79. The molecule has 5 heteroatoms. The van der Waals surface area contributed by atoms with Crippen LogP contribution in [-0.4, -0.2) is 35.3 Å². The molecule has 25 heavy (non-hydrogen) atoms. The number of imide groups is 1. The Morgan fingerprint density at radius 3 is 1.64 bits per heavy atom. The summed E-state index contributed by atoms with van der Waals surface area (Å²) >= 11 is 0. The topological polar surface area (TPSA) is 66.8 Å². The monoisotopic (exact) mass is 357 g/mol. The van der Waals surface area contributed by atoms with E-state index in [1.54, 1.807) is 0 Å². The second kappa shape index (κ2) is 17.6. The lowest BCUT2D eigenvalue weighted by atomic mass is 10.1. The summed E-state index contributed by atoms with van der Waals surface area (Å²) in [6.45, 7) is 4.87. The molecule has 0 aliphatic carbocycles. The molecular weight excluding hydrogens is 318 g/mol. The van der Waals surface area contributed by atoms with Crippen molar-refractivity contribution in [1.29, 1.82) is 0 Å². The van der Waals surface area contributed by atoms with Crippen molar-refractivity contribution in [3.8, 4) is 0 Å². The van der Waals surface area contributed by atoms with Gasteiger partial charge < -0.3 is 9.84 Å². The van der Waals surface area contributed by atoms with Crippen molar-refractivity contribution in [2.45, 2.75) is 104 Å². The maximum Gasteiger partial charge on any atom is 0.419 e. The molecule has 0 unspecified atom stereocenters. The first-order chi connectivity index (χ1) is 12.1. The molecule has 0 bridgehead atoms. The third-order valence-electron chi connectivity index (χ3n) is 4.41. The average Bonchev–Trinajstić information content (AvgIpc) is 2.59. The molecular formula is C20H39NO4. The molecule has 0 heterocycles. The highest BCUT2D eigenvalue weighted by molar-refractivity contribution is 5.86. The van der Waals surface area contributed by atoms with E-state index >= 15 is 0 Å². The number of hydrogen-bond donors (Lipinski definition) is 1. The SMILES string of the molecule is CCCCCCCCCCCCOC(=O)N(CCCCCC)C(=O)O. The van der Waals surface area contributed by atoms with E-state index in [4.69, 9.17) is 9.84 Å². The molecule has 0 saturated heterocycles. The number of hydrogen-bond acceptors (Lipinski definition) is 3. The summed E-state index contributed by atoms with van der Waals surface area (Å²) in [5.74, 6) is 0. The van der Waals surface area contributed by atoms with Gasteiger partial charge in [-0.2, -0.15) is 0 Å². The van der Waals surface area contributed by atoms with E-state index in [1.807, 2.05) is 0 Å². The summed E-state index contributed by atoms with van der Waals surface area (Å²) in [6, 6.07) is 0. The van der Waals surface area contributed by atoms with Gasteiger partial charge in [0, 0.05) is 6.54 Å². The van der Waals surface area contributed by atoms with Gasteiger partial charge in [-0.05, 0) is 12.8 Å². The Kier molecular flexibility index (Phi) is 16.7. The summed E-state index contributed by atoms with van der Waals surface area (Å²) in [7, 11) is 0. The lowest BCUT2D eigenvalue weighted by Crippen LogP contribution is -2.37. The van der Waals surface area contributed by atoms with Gasteiger partial charge in [0.15, 0.2) is 0 Å². The van der Waals surface area contributed by atoms with Crippen molar-refractivity contribution in [3.05, 3.63) is 0 Å². The Morgan fingerprint density at radius 2 is 1.16 bits per heavy atom. The summed E-state index contributed by atoms with van der Waals surface area (Å²) in [5, 5.41) is 9.10. The van der Waals surface area contributed by atoms with Gasteiger partial charge in [0.1, 0.15) is 0 Å². The molecule has 0 spiro atoms. The highest BCUT2D eigenvalue weighted by atomic mass is 16.6. The molecule has 0 aromatic rings. The number of carbonyl (C=O) groups excluding carboxylic acids is 1. The third-order valence-corrected chi connectivity index (χ3v) is 4.41. The molecule has 0 aromatic carbocycles. The van der Waals surface area contributed by atoms with E-state index in [1.165, 1.54) is 44.9 Å². The molecule has 0 aliphatic rings. The first-order valence-electron chi connectivity index (χ1n) is 10.3. The molecule has 0 rings (SSSR count). The average molecular weight is 358 g/mol. The number of nitrogens with zero attached hydrogens (tertiary/aromatic N) is 1. The van der Waals surface area contributed by atoms with Crippen LogP contribution in [0, 0.1) is 0 Å². The minimum Gasteiger partial charge on any atom is -0.465 e. The van der Waals surface area contributed by atoms with Crippen LogP contribution >= 0.6 is 0 Å². The van der Waals surface area contributed by atoms with Gasteiger partial charge in [0.2, 0.25) is 0 Å². The minimum absolute atomic E-state index is 0.228. The number of rotatable bonds is 16. The Hall–Kier alpha value is -1.26. The van der Waals surface area contributed by atoms with Gasteiger partial charge in [-0.1, -0.05) is 90.9 Å². The molecule has 0 saturated carbocycles. The first-order valence-corrected chi connectivity index (χ1v) is 10.3. The van der Waals surface area contributed by atoms with Crippen LogP contribution in [0.5, 0.6) is 0 Å². The molecule has 0 atom stereocenters. The fraction of sp³-hybridized carbons (Fsp3) is 0.900. The normalized spacial score (nSPS) is 10.6. The fourth-order valence-corrected chi connectivity index (χ4v) is 2.79. The summed E-state index contributed by atoms with van der Waals surface area (Å²) < 4.78 is 5.10. The van der Waals surface area contributed by atoms with Crippen molar-refractivity contribution in [2.24, 2.45) is 0 Å². The fourth-order valence-electron chi connectivity index (χ4n) is 2.79. The van der Waals surface area contributed by atoms with Crippen LogP contribution in [0.1, 0.15) is 104 Å². The largest absolute Gasteiger partial charge is 0.465 e. The van der Waals surface area contributed by atoms with E-state index < -0.39 is 12.2 Å². The van der Waals surface area contributed by atoms with E-state index in [2.05, 4.69) is 13.8 Å². The Morgan fingerprint density at radius 1 is 0.720 bits per heavy atom. The third kappa shape index (κ3) is 14.8. The quantitative estimate of drug-likeness (QED) is 0.316. The van der Waals surface area contributed by atoms with E-state index in [9.17, 15) is 9.59 Å². The lowest BCUT2D eigenvalue weighted by molar-refractivity contribution is 0.0924. The molecule has 2 amide bonds. The molecule has 0 fully saturated rings. The summed E-state index contributed by atoms with van der Waals surface area (Å²) in [4.78, 5) is 23.8. The summed E-state index contributed by atoms with van der Waals surface area (Å²) in [5.41, 5.74) is 0. The number of carboxylic acid groups (broad SMARTS) is 1. The van der Waals surface area contributed by atoms with Crippen molar-refractivity contribution in [3.63, 3.8) is 0 Å². The van der Waals surface area contributed by atoms with Crippen LogP contribution in [0.3, 0.4) is 0 Å². The maximum absolute atomic E-state index is 11.8. The molecule has 0 radical (unpaired) electrons. The van der Waals surface area contributed by atoms with Gasteiger partial charge in [-0.25, -0.2) is 14.5 Å². The predicted octanol–water partition coefficient (Wildman–Crippen LogP) is 6.60. The van der Waals surface area contributed by atoms with E-state index in [-0.39, 0.29) is 6.54 Å². The molecule has 148 valence electrons. The highest BCUT2D eigenvalue weighted by Gasteiger charge is 2.21. The Balaban J connectivity index is 3.60. The highest BCUT2D eigenvalue weighted by Crippen LogP contribution is 2.11. The standard InChI is InChI=1S/C20H39NO4/c1-3-5-7-9-10-11-12-13-14-16-18-25-20(24)21(19(22)23)17-15-8-6-4-2/h3-18H2,1-2H3,(H,22,23). The number of amides is 2. The van der Waals surface area contributed by atoms with Crippen molar-refractivity contribution in [2.75, 3.05) is 13.2 Å². The minimum atomic E-state index is -1.22. The summed E-state index contributed by atoms with van der Waals surface area (Å²) in [6.07, 6.45) is 14.0. The Bertz CT molecular complexity index is 334. The van der Waals surface area contributed by atoms with Crippen LogP contribution < -0.4 is 0 Å². The zero-order valence-electron chi connectivity index (χ0n) is 16.4. The van der Waals surface area contributed by atoms with Gasteiger partial charge in [-0.3, -0.25) is 0 Å². The zero-order chi connectivity index (χ0) is 18.8. The van der Waals surface area contributed by atoms with E-state index in [0.717, 1.165) is 43.4 Å². The predicted molar refractivity (Wildman–Crippen MR) is 102 cm³/mol. The van der Waals surface area contributed by atoms with Crippen molar-refractivity contribution < 1.29 is 19.4 Å². The van der Waals surface area contributed by atoms with Crippen molar-refractivity contribution in [1.82, 2.24) is 4.90 Å². The van der Waals surface area contributed by atoms with Crippen LogP contribution in [0.15, 0.2) is 0 Å².